The Morgan fingerprint density at radius 2 is 2.00 bits per heavy atom. The first-order chi connectivity index (χ1) is 9.45. The van der Waals surface area contributed by atoms with E-state index in [2.05, 4.69) is 4.98 Å². The number of carboxylic acids is 1. The maximum Gasteiger partial charge on any atom is 0.336 e. The van der Waals surface area contributed by atoms with Gasteiger partial charge in [-0.05, 0) is 18.2 Å². The Labute approximate surface area is 129 Å². The molecule has 0 radical (unpaired) electrons. The average Bonchev–Trinajstić information content (AvgIpc) is 2.41. The maximum atomic E-state index is 11.4. The summed E-state index contributed by atoms with van der Waals surface area (Å²) < 4.78 is 5.11. The summed E-state index contributed by atoms with van der Waals surface area (Å²) >= 11 is 18.1. The molecule has 1 N–H and O–H groups in total. The highest BCUT2D eigenvalue weighted by Crippen LogP contribution is 2.41. The van der Waals surface area contributed by atoms with Gasteiger partial charge in [0.25, 0.3) is 0 Å². The van der Waals surface area contributed by atoms with E-state index in [0.717, 1.165) is 0 Å². The van der Waals surface area contributed by atoms with Crippen molar-refractivity contribution in [3.63, 3.8) is 0 Å². The first kappa shape index (κ1) is 14.9. The van der Waals surface area contributed by atoms with Crippen molar-refractivity contribution in [1.29, 1.82) is 0 Å². The summed E-state index contributed by atoms with van der Waals surface area (Å²) in [6.07, 6.45) is 1.34. The molecular formula is C13H8Cl3NO3. The fourth-order valence-corrected chi connectivity index (χ4v) is 2.47. The lowest BCUT2D eigenvalue weighted by Crippen LogP contribution is -2.03. The monoisotopic (exact) mass is 331 g/mol. The summed E-state index contributed by atoms with van der Waals surface area (Å²) in [6.45, 7) is 0. The fraction of sp³-hybridized carbons (Fsp3) is 0.0769. The number of nitrogens with zero attached hydrogens (tertiary/aromatic N) is 1. The number of methoxy groups -OCH3 is 1. The van der Waals surface area contributed by atoms with Crippen LogP contribution in [0.3, 0.4) is 0 Å². The van der Waals surface area contributed by atoms with Gasteiger partial charge in [-0.15, -0.1) is 0 Å². The lowest BCUT2D eigenvalue weighted by Gasteiger charge is -2.13. The number of hydrogen-bond acceptors (Lipinski definition) is 3. The molecule has 0 unspecified atom stereocenters. The topological polar surface area (TPSA) is 59.4 Å². The summed E-state index contributed by atoms with van der Waals surface area (Å²) in [5.41, 5.74) is 0.584. The molecule has 1 heterocycles. The quantitative estimate of drug-likeness (QED) is 0.845. The highest BCUT2D eigenvalue weighted by atomic mass is 35.5. The number of carboxylic acid groups (broad SMARTS) is 1. The Bertz CT molecular complexity index is 689. The molecule has 0 aliphatic rings. The molecule has 0 saturated heterocycles. The molecule has 1 aromatic carbocycles. The van der Waals surface area contributed by atoms with Crippen LogP contribution in [0.15, 0.2) is 24.4 Å². The van der Waals surface area contributed by atoms with Gasteiger partial charge in [0, 0.05) is 16.8 Å². The lowest BCUT2D eigenvalue weighted by atomic mass is 10.0. The van der Waals surface area contributed by atoms with E-state index in [1.54, 1.807) is 0 Å². The molecule has 2 aromatic rings. The van der Waals surface area contributed by atoms with Crippen LogP contribution in [0, 0.1) is 0 Å². The van der Waals surface area contributed by atoms with Gasteiger partial charge in [-0.2, -0.15) is 0 Å². The largest absolute Gasteiger partial charge is 0.481 e. The smallest absolute Gasteiger partial charge is 0.336 e. The summed E-state index contributed by atoms with van der Waals surface area (Å²) in [5, 5.41) is 10.0. The van der Waals surface area contributed by atoms with Crippen LogP contribution in [0.2, 0.25) is 15.1 Å². The third-order valence-electron chi connectivity index (χ3n) is 2.60. The summed E-state index contributed by atoms with van der Waals surface area (Å²) in [4.78, 5) is 15.3. The van der Waals surface area contributed by atoms with Crippen molar-refractivity contribution < 1.29 is 14.6 Å². The molecule has 0 saturated carbocycles. The number of aromatic nitrogens is 1. The number of pyridine rings is 1. The third kappa shape index (κ3) is 2.68. The van der Waals surface area contributed by atoms with Crippen molar-refractivity contribution in [2.75, 3.05) is 7.11 Å². The van der Waals surface area contributed by atoms with Crippen LogP contribution in [0.25, 0.3) is 11.1 Å². The van der Waals surface area contributed by atoms with Crippen molar-refractivity contribution in [3.05, 3.63) is 45.0 Å². The van der Waals surface area contributed by atoms with E-state index in [1.807, 2.05) is 0 Å². The zero-order chi connectivity index (χ0) is 14.9. The predicted molar refractivity (Wildman–Crippen MR) is 78.2 cm³/mol. The van der Waals surface area contributed by atoms with E-state index >= 15 is 0 Å². The van der Waals surface area contributed by atoms with Crippen LogP contribution in [0.4, 0.5) is 0 Å². The molecule has 0 amide bonds. The normalized spacial score (nSPS) is 10.4. The van der Waals surface area contributed by atoms with Crippen molar-refractivity contribution in [2.24, 2.45) is 0 Å². The second kappa shape index (κ2) is 5.87. The molecule has 1 aromatic heterocycles. The van der Waals surface area contributed by atoms with E-state index in [9.17, 15) is 9.90 Å². The van der Waals surface area contributed by atoms with E-state index in [-0.39, 0.29) is 27.1 Å². The highest BCUT2D eigenvalue weighted by Gasteiger charge is 2.21. The van der Waals surface area contributed by atoms with Gasteiger partial charge in [-0.3, -0.25) is 0 Å². The number of carbonyl (C=O) groups is 1. The second-order valence-corrected chi connectivity index (χ2v) is 5.02. The zero-order valence-corrected chi connectivity index (χ0v) is 12.4. The molecule has 0 aliphatic carbocycles. The third-order valence-corrected chi connectivity index (χ3v) is 3.62. The van der Waals surface area contributed by atoms with Gasteiger partial charge < -0.3 is 9.84 Å². The minimum absolute atomic E-state index is 0.00270. The summed E-state index contributed by atoms with van der Waals surface area (Å²) in [6, 6.07) is 4.34. The second-order valence-electron chi connectivity index (χ2n) is 3.80. The average molecular weight is 333 g/mol. The minimum atomic E-state index is -1.13. The van der Waals surface area contributed by atoms with Gasteiger partial charge in [0.15, 0.2) is 0 Å². The van der Waals surface area contributed by atoms with Gasteiger partial charge in [-0.25, -0.2) is 9.78 Å². The Kier molecular flexibility index (Phi) is 4.38. The number of ether oxygens (including phenoxy) is 1. The molecule has 0 atom stereocenters. The molecule has 0 aliphatic heterocycles. The van der Waals surface area contributed by atoms with Gasteiger partial charge in [0.1, 0.15) is 0 Å². The number of halogens is 3. The minimum Gasteiger partial charge on any atom is -0.481 e. The van der Waals surface area contributed by atoms with Crippen LogP contribution in [-0.2, 0) is 0 Å². The van der Waals surface area contributed by atoms with Crippen LogP contribution >= 0.6 is 34.8 Å². The first-order valence-electron chi connectivity index (χ1n) is 5.37. The van der Waals surface area contributed by atoms with Gasteiger partial charge in [0.05, 0.1) is 28.3 Å². The van der Waals surface area contributed by atoms with E-state index in [0.29, 0.717) is 10.6 Å². The molecule has 0 bridgehead atoms. The molecule has 7 heteroatoms. The highest BCUT2D eigenvalue weighted by molar-refractivity contribution is 6.45. The zero-order valence-electron chi connectivity index (χ0n) is 10.2. The maximum absolute atomic E-state index is 11.4. The number of hydrogen-bond donors (Lipinski definition) is 1. The molecule has 2 rings (SSSR count). The molecule has 104 valence electrons. The molecule has 4 nitrogen and oxygen atoms in total. The predicted octanol–water partition coefficient (Wildman–Crippen LogP) is 4.42. The van der Waals surface area contributed by atoms with Crippen LogP contribution in [0.1, 0.15) is 10.4 Å². The lowest BCUT2D eigenvalue weighted by molar-refractivity contribution is 0.0697. The summed E-state index contributed by atoms with van der Waals surface area (Å²) in [5.74, 6) is -1.00. The number of rotatable bonds is 3. The van der Waals surface area contributed by atoms with Crippen LogP contribution < -0.4 is 4.74 Å². The van der Waals surface area contributed by atoms with Crippen LogP contribution in [0.5, 0.6) is 5.88 Å². The Morgan fingerprint density at radius 3 is 2.60 bits per heavy atom. The van der Waals surface area contributed by atoms with Gasteiger partial charge in [0.2, 0.25) is 5.88 Å². The first-order valence-corrected chi connectivity index (χ1v) is 6.50. The summed E-state index contributed by atoms with van der Waals surface area (Å²) in [7, 11) is 1.39. The molecule has 0 fully saturated rings. The molecule has 20 heavy (non-hydrogen) atoms. The molecular weight excluding hydrogens is 325 g/mol. The van der Waals surface area contributed by atoms with E-state index in [1.165, 1.54) is 31.5 Å². The Balaban J connectivity index is 2.84. The Hall–Kier alpha value is -1.49. The molecule has 0 spiro atoms. The van der Waals surface area contributed by atoms with Crippen LogP contribution in [-0.4, -0.2) is 23.2 Å². The standard InChI is InChI=1S/C13H8Cl3NO3/c1-20-12-10(7(13(18)19)2-3-17-12)8-4-6(14)5-9(15)11(8)16/h2-5H,1H3,(H,18,19). The van der Waals surface area contributed by atoms with Gasteiger partial charge in [-0.1, -0.05) is 34.8 Å². The van der Waals surface area contributed by atoms with Crippen molar-refractivity contribution in [1.82, 2.24) is 4.98 Å². The van der Waals surface area contributed by atoms with Crippen molar-refractivity contribution in [3.8, 4) is 17.0 Å². The Morgan fingerprint density at radius 1 is 1.30 bits per heavy atom. The van der Waals surface area contributed by atoms with E-state index < -0.39 is 5.97 Å². The van der Waals surface area contributed by atoms with Crippen molar-refractivity contribution in [2.45, 2.75) is 0 Å². The van der Waals surface area contributed by atoms with E-state index in [4.69, 9.17) is 39.5 Å². The van der Waals surface area contributed by atoms with Crippen molar-refractivity contribution >= 4 is 40.8 Å². The number of aromatic carboxylic acids is 1. The van der Waals surface area contributed by atoms with Gasteiger partial charge >= 0.3 is 5.97 Å². The fourth-order valence-electron chi connectivity index (χ4n) is 1.77. The SMILES string of the molecule is COc1nccc(C(=O)O)c1-c1cc(Cl)cc(Cl)c1Cl. The number of benzene rings is 1.